The van der Waals surface area contributed by atoms with Crippen LogP contribution < -0.4 is 10.2 Å². The molecule has 1 N–H and O–H groups in total. The van der Waals surface area contributed by atoms with Crippen molar-refractivity contribution in [2.45, 2.75) is 26.3 Å². The molecule has 0 bridgehead atoms. The predicted molar refractivity (Wildman–Crippen MR) is 84.8 cm³/mol. The molecule has 1 aromatic rings. The summed E-state index contributed by atoms with van der Waals surface area (Å²) in [6.07, 6.45) is 2.19. The van der Waals surface area contributed by atoms with Gasteiger partial charge in [0.2, 0.25) is 0 Å². The van der Waals surface area contributed by atoms with Crippen molar-refractivity contribution in [2.75, 3.05) is 45.7 Å². The van der Waals surface area contributed by atoms with Crippen LogP contribution in [0.1, 0.15) is 25.3 Å². The molecule has 0 fully saturated rings. The van der Waals surface area contributed by atoms with E-state index in [2.05, 4.69) is 43.2 Å². The van der Waals surface area contributed by atoms with Crippen molar-refractivity contribution in [3.8, 4) is 0 Å². The van der Waals surface area contributed by atoms with Crippen LogP contribution in [-0.4, -0.2) is 45.7 Å². The van der Waals surface area contributed by atoms with Gasteiger partial charge in [0.25, 0.3) is 0 Å². The molecule has 0 atom stereocenters. The maximum absolute atomic E-state index is 13.4. The molecule has 0 unspecified atom stereocenters. The highest BCUT2D eigenvalue weighted by atomic mass is 19.1. The lowest BCUT2D eigenvalue weighted by molar-refractivity contribution is 0.401. The highest BCUT2D eigenvalue weighted by molar-refractivity contribution is 5.53. The first kappa shape index (κ1) is 16.9. The highest BCUT2D eigenvalue weighted by Crippen LogP contribution is 2.21. The summed E-state index contributed by atoms with van der Waals surface area (Å²) in [6, 6.07) is 5.06. The lowest BCUT2D eigenvalue weighted by Gasteiger charge is -2.23. The molecule has 0 saturated carbocycles. The molecule has 0 amide bonds. The van der Waals surface area contributed by atoms with Gasteiger partial charge in [-0.15, -0.1) is 0 Å². The summed E-state index contributed by atoms with van der Waals surface area (Å²) >= 11 is 0. The van der Waals surface area contributed by atoms with E-state index in [1.807, 2.05) is 6.07 Å². The van der Waals surface area contributed by atoms with Crippen molar-refractivity contribution in [1.82, 2.24) is 10.2 Å². The van der Waals surface area contributed by atoms with Crippen molar-refractivity contribution in [3.05, 3.63) is 29.6 Å². The van der Waals surface area contributed by atoms with E-state index in [0.29, 0.717) is 0 Å². The van der Waals surface area contributed by atoms with E-state index in [1.165, 1.54) is 0 Å². The van der Waals surface area contributed by atoms with Crippen LogP contribution in [0.5, 0.6) is 0 Å². The fraction of sp³-hybridized carbons (Fsp3) is 0.625. The summed E-state index contributed by atoms with van der Waals surface area (Å²) < 4.78 is 13.4. The average Bonchev–Trinajstić information content (AvgIpc) is 2.38. The molecule has 0 radical (unpaired) electrons. The minimum Gasteiger partial charge on any atom is -0.374 e. The van der Waals surface area contributed by atoms with Gasteiger partial charge in [-0.05, 0) is 63.8 Å². The van der Waals surface area contributed by atoms with Gasteiger partial charge in [-0.3, -0.25) is 0 Å². The van der Waals surface area contributed by atoms with Gasteiger partial charge >= 0.3 is 0 Å². The quantitative estimate of drug-likeness (QED) is 0.702. The van der Waals surface area contributed by atoms with Crippen LogP contribution in [0, 0.1) is 5.82 Å². The van der Waals surface area contributed by atoms with Gasteiger partial charge in [-0.25, -0.2) is 4.39 Å². The molecule has 114 valence electrons. The largest absolute Gasteiger partial charge is 0.374 e. The number of nitrogens with one attached hydrogen (secondary N) is 1. The molecular weight excluding hydrogens is 253 g/mol. The van der Waals surface area contributed by atoms with Crippen LogP contribution in [-0.2, 0) is 6.54 Å². The normalized spacial score (nSPS) is 11.1. The van der Waals surface area contributed by atoms with Gasteiger partial charge in [0.15, 0.2) is 0 Å². The molecule has 1 rings (SSSR count). The lowest BCUT2D eigenvalue weighted by Crippen LogP contribution is -2.25. The van der Waals surface area contributed by atoms with Gasteiger partial charge in [0, 0.05) is 25.8 Å². The Bertz CT molecular complexity index is 393. The van der Waals surface area contributed by atoms with Crippen molar-refractivity contribution >= 4 is 5.69 Å². The molecule has 0 saturated heterocycles. The fourth-order valence-electron chi connectivity index (χ4n) is 2.21. The number of nitrogens with zero attached hydrogens (tertiary/aromatic N) is 2. The third-order valence-corrected chi connectivity index (χ3v) is 3.29. The van der Waals surface area contributed by atoms with Gasteiger partial charge in [-0.1, -0.05) is 6.92 Å². The third-order valence-electron chi connectivity index (χ3n) is 3.29. The Morgan fingerprint density at radius 1 is 1.15 bits per heavy atom. The average molecular weight is 281 g/mol. The molecule has 0 aromatic heterocycles. The first-order valence-electron chi connectivity index (χ1n) is 7.39. The summed E-state index contributed by atoms with van der Waals surface area (Å²) in [4.78, 5) is 4.40. The Hall–Kier alpha value is -1.13. The van der Waals surface area contributed by atoms with Crippen LogP contribution in [0.15, 0.2) is 18.2 Å². The molecule has 1 aromatic carbocycles. The molecular formula is C16H28FN3. The van der Waals surface area contributed by atoms with Crippen LogP contribution in [0.3, 0.4) is 0 Å². The minimum atomic E-state index is -0.163. The molecule has 0 aliphatic heterocycles. The maximum atomic E-state index is 13.4. The lowest BCUT2D eigenvalue weighted by atomic mass is 10.1. The maximum Gasteiger partial charge on any atom is 0.123 e. The smallest absolute Gasteiger partial charge is 0.123 e. The number of hydrogen-bond donors (Lipinski definition) is 1. The topological polar surface area (TPSA) is 18.5 Å². The zero-order valence-electron chi connectivity index (χ0n) is 13.2. The minimum absolute atomic E-state index is 0.163. The summed E-state index contributed by atoms with van der Waals surface area (Å²) in [5.41, 5.74) is 2.15. The molecule has 3 nitrogen and oxygen atoms in total. The van der Waals surface area contributed by atoms with Crippen LogP contribution in [0.4, 0.5) is 10.1 Å². The van der Waals surface area contributed by atoms with Crippen molar-refractivity contribution in [1.29, 1.82) is 0 Å². The van der Waals surface area contributed by atoms with Gasteiger partial charge in [0.05, 0.1) is 0 Å². The number of benzene rings is 1. The van der Waals surface area contributed by atoms with E-state index < -0.39 is 0 Å². The molecule has 4 heteroatoms. The van der Waals surface area contributed by atoms with Crippen LogP contribution in [0.25, 0.3) is 0 Å². The SMILES string of the molecule is CCCNCc1cc(F)ccc1N(C)CCCN(C)C. The monoisotopic (exact) mass is 281 g/mol. The van der Waals surface area contributed by atoms with E-state index >= 15 is 0 Å². The van der Waals surface area contributed by atoms with E-state index in [1.54, 1.807) is 12.1 Å². The van der Waals surface area contributed by atoms with Gasteiger partial charge < -0.3 is 15.1 Å². The zero-order chi connectivity index (χ0) is 15.0. The Labute approximate surface area is 122 Å². The second kappa shape index (κ2) is 8.93. The van der Waals surface area contributed by atoms with E-state index in [-0.39, 0.29) is 5.82 Å². The van der Waals surface area contributed by atoms with Crippen LogP contribution in [0.2, 0.25) is 0 Å². The third kappa shape index (κ3) is 5.88. The molecule has 0 aliphatic carbocycles. The predicted octanol–water partition coefficient (Wildman–Crippen LogP) is 2.71. The molecule has 0 heterocycles. The molecule has 20 heavy (non-hydrogen) atoms. The standard InChI is InChI=1S/C16H28FN3/c1-5-9-18-13-14-12-15(17)7-8-16(14)20(4)11-6-10-19(2)3/h7-8,12,18H,5-6,9-11,13H2,1-4H3. The van der Waals surface area contributed by atoms with Crippen molar-refractivity contribution in [3.63, 3.8) is 0 Å². The zero-order valence-corrected chi connectivity index (χ0v) is 13.2. The van der Waals surface area contributed by atoms with E-state index in [9.17, 15) is 4.39 Å². The number of rotatable bonds is 9. The summed E-state index contributed by atoms with van der Waals surface area (Å²) in [6.45, 7) is 5.85. The second-order valence-corrected chi connectivity index (χ2v) is 5.53. The van der Waals surface area contributed by atoms with Gasteiger partial charge in [-0.2, -0.15) is 0 Å². The molecule has 0 aliphatic rings. The fourth-order valence-corrected chi connectivity index (χ4v) is 2.21. The number of hydrogen-bond acceptors (Lipinski definition) is 3. The summed E-state index contributed by atoms with van der Waals surface area (Å²) in [7, 11) is 6.24. The Morgan fingerprint density at radius 3 is 2.55 bits per heavy atom. The first-order valence-corrected chi connectivity index (χ1v) is 7.39. The summed E-state index contributed by atoms with van der Waals surface area (Å²) in [5, 5.41) is 3.35. The first-order chi connectivity index (χ1) is 9.54. The number of anilines is 1. The summed E-state index contributed by atoms with van der Waals surface area (Å²) in [5.74, 6) is -0.163. The Balaban J connectivity index is 2.66. The van der Waals surface area contributed by atoms with Gasteiger partial charge in [0.1, 0.15) is 5.82 Å². The van der Waals surface area contributed by atoms with Crippen molar-refractivity contribution in [2.24, 2.45) is 0 Å². The second-order valence-electron chi connectivity index (χ2n) is 5.53. The Kier molecular flexibility index (Phi) is 7.55. The Morgan fingerprint density at radius 2 is 1.90 bits per heavy atom. The highest BCUT2D eigenvalue weighted by Gasteiger charge is 2.08. The number of halogens is 1. The van der Waals surface area contributed by atoms with Crippen LogP contribution >= 0.6 is 0 Å². The molecule has 0 spiro atoms. The van der Waals surface area contributed by atoms with Crippen molar-refractivity contribution < 1.29 is 4.39 Å². The van der Waals surface area contributed by atoms with E-state index in [0.717, 1.165) is 50.3 Å². The van der Waals surface area contributed by atoms with E-state index in [4.69, 9.17) is 0 Å².